The predicted octanol–water partition coefficient (Wildman–Crippen LogP) is 3.33. The third kappa shape index (κ3) is 5.42. The van der Waals surface area contributed by atoms with Gasteiger partial charge in [0.05, 0.1) is 5.56 Å². The molecular weight excluding hydrogens is 255 g/mol. The van der Waals surface area contributed by atoms with E-state index >= 15 is 0 Å². The molecule has 2 nitrogen and oxygen atoms in total. The molecule has 1 aromatic rings. The van der Waals surface area contributed by atoms with Crippen LogP contribution in [0.1, 0.15) is 37.3 Å². The van der Waals surface area contributed by atoms with Gasteiger partial charge in [-0.15, -0.1) is 0 Å². The van der Waals surface area contributed by atoms with Gasteiger partial charge in [0.2, 0.25) is 0 Å². The van der Waals surface area contributed by atoms with E-state index in [-0.39, 0.29) is 24.7 Å². The second-order valence-electron chi connectivity index (χ2n) is 4.67. The lowest BCUT2D eigenvalue weighted by molar-refractivity contribution is -0.137. The van der Waals surface area contributed by atoms with Gasteiger partial charge in [-0.05, 0) is 18.1 Å². The van der Waals surface area contributed by atoms with Crippen molar-refractivity contribution >= 4 is 5.78 Å². The molecule has 0 amide bonds. The van der Waals surface area contributed by atoms with Crippen molar-refractivity contribution in [2.75, 3.05) is 0 Å². The molecule has 0 bridgehead atoms. The van der Waals surface area contributed by atoms with Gasteiger partial charge in [-0.3, -0.25) is 4.79 Å². The fourth-order valence-corrected chi connectivity index (χ4v) is 1.92. The van der Waals surface area contributed by atoms with Crippen molar-refractivity contribution in [3.63, 3.8) is 0 Å². The Bertz CT molecular complexity index is 429. The minimum absolute atomic E-state index is 0.00132. The lowest BCUT2D eigenvalue weighted by Crippen LogP contribution is -2.24. The summed E-state index contributed by atoms with van der Waals surface area (Å²) < 4.78 is 37.5. The number of nitrogens with two attached hydrogens (primary N) is 1. The SMILES string of the molecule is CCCC(N)CC(=O)Cc1cccc(C(F)(F)F)c1. The number of benzene rings is 1. The zero-order valence-electron chi connectivity index (χ0n) is 10.8. The van der Waals surface area contributed by atoms with Crippen LogP contribution in [0.25, 0.3) is 0 Å². The zero-order valence-corrected chi connectivity index (χ0v) is 10.8. The fourth-order valence-electron chi connectivity index (χ4n) is 1.92. The molecule has 19 heavy (non-hydrogen) atoms. The van der Waals surface area contributed by atoms with Crippen molar-refractivity contribution in [3.05, 3.63) is 35.4 Å². The summed E-state index contributed by atoms with van der Waals surface area (Å²) in [6.07, 6.45) is -2.53. The molecule has 0 saturated carbocycles. The van der Waals surface area contributed by atoms with E-state index in [1.54, 1.807) is 0 Å². The van der Waals surface area contributed by atoms with Crippen LogP contribution in [0.3, 0.4) is 0 Å². The number of hydrogen-bond donors (Lipinski definition) is 1. The van der Waals surface area contributed by atoms with Gasteiger partial charge in [0.1, 0.15) is 5.78 Å². The summed E-state index contributed by atoms with van der Waals surface area (Å²) in [6, 6.07) is 4.65. The first-order valence-corrected chi connectivity index (χ1v) is 6.26. The molecule has 0 radical (unpaired) electrons. The van der Waals surface area contributed by atoms with Crippen LogP contribution in [0.15, 0.2) is 24.3 Å². The Balaban J connectivity index is 2.65. The predicted molar refractivity (Wildman–Crippen MR) is 67.7 cm³/mol. The number of carbonyl (C=O) groups is 1. The van der Waals surface area contributed by atoms with Crippen molar-refractivity contribution < 1.29 is 18.0 Å². The van der Waals surface area contributed by atoms with Gasteiger partial charge in [-0.25, -0.2) is 0 Å². The van der Waals surface area contributed by atoms with E-state index in [0.717, 1.165) is 25.0 Å². The second-order valence-corrected chi connectivity index (χ2v) is 4.67. The minimum Gasteiger partial charge on any atom is -0.327 e. The Morgan fingerprint density at radius 2 is 2.05 bits per heavy atom. The largest absolute Gasteiger partial charge is 0.416 e. The Morgan fingerprint density at radius 1 is 1.37 bits per heavy atom. The highest BCUT2D eigenvalue weighted by atomic mass is 19.4. The Kier molecular flexibility index (Phi) is 5.54. The summed E-state index contributed by atoms with van der Waals surface area (Å²) in [5.74, 6) is -0.125. The summed E-state index contributed by atoms with van der Waals surface area (Å²) in [4.78, 5) is 11.7. The smallest absolute Gasteiger partial charge is 0.327 e. The molecule has 0 heterocycles. The molecule has 0 aliphatic carbocycles. The summed E-state index contributed by atoms with van der Waals surface area (Å²) in [7, 11) is 0. The lowest BCUT2D eigenvalue weighted by atomic mass is 10.00. The molecule has 0 fully saturated rings. The van der Waals surface area contributed by atoms with Gasteiger partial charge >= 0.3 is 6.18 Å². The van der Waals surface area contributed by atoms with Crippen molar-refractivity contribution in [1.82, 2.24) is 0 Å². The first-order valence-electron chi connectivity index (χ1n) is 6.26. The molecule has 5 heteroatoms. The van der Waals surface area contributed by atoms with Crippen LogP contribution >= 0.6 is 0 Å². The van der Waals surface area contributed by atoms with Crippen molar-refractivity contribution in [2.24, 2.45) is 5.73 Å². The zero-order chi connectivity index (χ0) is 14.5. The average molecular weight is 273 g/mol. The van der Waals surface area contributed by atoms with E-state index in [0.29, 0.717) is 5.56 Å². The Labute approximate surface area is 110 Å². The van der Waals surface area contributed by atoms with Gasteiger partial charge in [0.25, 0.3) is 0 Å². The molecule has 1 unspecified atom stereocenters. The Morgan fingerprint density at radius 3 is 2.63 bits per heavy atom. The first-order chi connectivity index (χ1) is 8.82. The van der Waals surface area contributed by atoms with E-state index in [4.69, 9.17) is 5.73 Å². The third-order valence-corrected chi connectivity index (χ3v) is 2.80. The van der Waals surface area contributed by atoms with Gasteiger partial charge in [-0.2, -0.15) is 13.2 Å². The number of rotatable bonds is 6. The number of ketones is 1. The molecule has 0 aromatic heterocycles. The van der Waals surface area contributed by atoms with Crippen molar-refractivity contribution in [1.29, 1.82) is 0 Å². The quantitative estimate of drug-likeness (QED) is 0.863. The fraction of sp³-hybridized carbons (Fsp3) is 0.500. The maximum absolute atomic E-state index is 12.5. The van der Waals surface area contributed by atoms with Crippen LogP contribution in [-0.4, -0.2) is 11.8 Å². The topological polar surface area (TPSA) is 43.1 Å². The average Bonchev–Trinajstić information content (AvgIpc) is 2.28. The van der Waals surface area contributed by atoms with E-state index in [9.17, 15) is 18.0 Å². The normalized spacial score (nSPS) is 13.3. The molecular formula is C14H18F3NO. The van der Waals surface area contributed by atoms with E-state index in [2.05, 4.69) is 0 Å². The summed E-state index contributed by atoms with van der Waals surface area (Å²) in [6.45, 7) is 1.97. The van der Waals surface area contributed by atoms with Crippen LogP contribution in [0.2, 0.25) is 0 Å². The number of Topliss-reactive ketones (excluding diaryl/α,β-unsaturated/α-hetero) is 1. The standard InChI is InChI=1S/C14H18F3NO/c1-2-4-12(18)9-13(19)8-10-5-3-6-11(7-10)14(15,16)17/h3,5-7,12H,2,4,8-9,18H2,1H3. The van der Waals surface area contributed by atoms with E-state index in [1.807, 2.05) is 6.92 Å². The molecule has 1 aromatic carbocycles. The first kappa shape index (κ1) is 15.7. The molecule has 2 N–H and O–H groups in total. The van der Waals surface area contributed by atoms with Crippen LogP contribution < -0.4 is 5.73 Å². The van der Waals surface area contributed by atoms with Crippen LogP contribution in [-0.2, 0) is 17.4 Å². The highest BCUT2D eigenvalue weighted by Gasteiger charge is 2.30. The molecule has 106 valence electrons. The number of hydrogen-bond acceptors (Lipinski definition) is 2. The molecule has 0 aliphatic heterocycles. The van der Waals surface area contributed by atoms with Gasteiger partial charge in [0, 0.05) is 18.9 Å². The molecule has 1 rings (SSSR count). The van der Waals surface area contributed by atoms with E-state index < -0.39 is 11.7 Å². The summed E-state index contributed by atoms with van der Waals surface area (Å²) in [5.41, 5.74) is 5.39. The highest BCUT2D eigenvalue weighted by molar-refractivity contribution is 5.81. The third-order valence-electron chi connectivity index (χ3n) is 2.80. The summed E-state index contributed by atoms with van der Waals surface area (Å²) in [5, 5.41) is 0. The monoisotopic (exact) mass is 273 g/mol. The van der Waals surface area contributed by atoms with Crippen LogP contribution in [0.5, 0.6) is 0 Å². The lowest BCUT2D eigenvalue weighted by Gasteiger charge is -2.10. The Hall–Kier alpha value is -1.36. The van der Waals surface area contributed by atoms with Gasteiger partial charge in [0.15, 0.2) is 0 Å². The van der Waals surface area contributed by atoms with Crippen LogP contribution in [0.4, 0.5) is 13.2 Å². The molecule has 1 atom stereocenters. The van der Waals surface area contributed by atoms with Crippen molar-refractivity contribution in [3.8, 4) is 0 Å². The number of carbonyl (C=O) groups excluding carboxylic acids is 1. The maximum atomic E-state index is 12.5. The van der Waals surface area contributed by atoms with Crippen molar-refractivity contribution in [2.45, 2.75) is 44.8 Å². The number of alkyl halides is 3. The molecule has 0 saturated heterocycles. The van der Waals surface area contributed by atoms with Gasteiger partial charge in [-0.1, -0.05) is 31.5 Å². The number of halogens is 3. The van der Waals surface area contributed by atoms with E-state index in [1.165, 1.54) is 12.1 Å². The minimum atomic E-state index is -4.38. The maximum Gasteiger partial charge on any atom is 0.416 e. The molecule has 0 aliphatic rings. The van der Waals surface area contributed by atoms with Gasteiger partial charge < -0.3 is 5.73 Å². The highest BCUT2D eigenvalue weighted by Crippen LogP contribution is 2.29. The summed E-state index contributed by atoms with van der Waals surface area (Å²) >= 11 is 0. The second kappa shape index (κ2) is 6.70. The van der Waals surface area contributed by atoms with Crippen LogP contribution in [0, 0.1) is 0 Å². The molecule has 0 spiro atoms.